The maximum Gasteiger partial charge on any atom is 0.407 e. The van der Waals surface area contributed by atoms with Crippen molar-refractivity contribution in [3.05, 3.63) is 65.9 Å². The number of aromatic amines is 1. The summed E-state index contributed by atoms with van der Waals surface area (Å²) in [5.41, 5.74) is 2.35. The Morgan fingerprint density at radius 2 is 2.00 bits per heavy atom. The maximum absolute atomic E-state index is 11.7. The van der Waals surface area contributed by atoms with Crippen molar-refractivity contribution in [2.45, 2.75) is 25.2 Å². The molecule has 1 heterocycles. The smallest absolute Gasteiger partial charge is 0.407 e. The zero-order chi connectivity index (χ0) is 18.4. The van der Waals surface area contributed by atoms with Crippen LogP contribution in [-0.4, -0.2) is 39.2 Å². The second-order valence-electron chi connectivity index (χ2n) is 6.01. The van der Waals surface area contributed by atoms with Gasteiger partial charge in [0.05, 0.1) is 17.8 Å². The fourth-order valence-electron chi connectivity index (χ4n) is 2.62. The number of H-pyrrole nitrogens is 1. The fraction of sp³-hybridized carbons (Fsp3) is 0.263. The molecular weight excluding hydrogens is 334 g/mol. The first-order valence-electron chi connectivity index (χ1n) is 8.37. The predicted octanol–water partition coefficient (Wildman–Crippen LogP) is 2.27. The summed E-state index contributed by atoms with van der Waals surface area (Å²) in [5, 5.41) is 30.6. The number of amides is 1. The minimum Gasteiger partial charge on any atom is -0.445 e. The van der Waals surface area contributed by atoms with Gasteiger partial charge in [0.15, 0.2) is 0 Å². The van der Waals surface area contributed by atoms with Crippen LogP contribution >= 0.6 is 0 Å². The monoisotopic (exact) mass is 355 g/mol. The van der Waals surface area contributed by atoms with E-state index in [-0.39, 0.29) is 19.6 Å². The van der Waals surface area contributed by atoms with Gasteiger partial charge in [0.1, 0.15) is 12.7 Å². The Balaban J connectivity index is 1.42. The second kappa shape index (κ2) is 8.46. The largest absolute Gasteiger partial charge is 0.445 e. The summed E-state index contributed by atoms with van der Waals surface area (Å²) >= 11 is 0. The molecule has 26 heavy (non-hydrogen) atoms. The number of carbonyl (C=O) groups excluding carboxylic acids is 1. The molecule has 7 heteroatoms. The number of benzene rings is 2. The zero-order valence-electron chi connectivity index (χ0n) is 14.1. The van der Waals surface area contributed by atoms with E-state index >= 15 is 0 Å². The van der Waals surface area contributed by atoms with Crippen LogP contribution in [0.1, 0.15) is 23.7 Å². The Morgan fingerprint density at radius 1 is 1.19 bits per heavy atom. The number of hydrogen-bond acceptors (Lipinski definition) is 5. The van der Waals surface area contributed by atoms with Gasteiger partial charge >= 0.3 is 6.09 Å². The molecule has 2 aromatic carbocycles. The molecule has 3 rings (SSSR count). The lowest BCUT2D eigenvalue weighted by Gasteiger charge is -2.18. The van der Waals surface area contributed by atoms with E-state index in [4.69, 9.17) is 4.74 Å². The molecule has 4 N–H and O–H groups in total. The minimum absolute atomic E-state index is 0.183. The molecule has 7 nitrogen and oxygen atoms in total. The molecular formula is C19H21N3O4. The fourth-order valence-corrected chi connectivity index (χ4v) is 2.62. The molecule has 0 saturated carbocycles. The second-order valence-corrected chi connectivity index (χ2v) is 6.01. The molecule has 2 atom stereocenters. The van der Waals surface area contributed by atoms with Crippen LogP contribution in [0.5, 0.6) is 0 Å². The van der Waals surface area contributed by atoms with Crippen molar-refractivity contribution in [1.29, 1.82) is 0 Å². The van der Waals surface area contributed by atoms with Crippen molar-refractivity contribution in [3.63, 3.8) is 0 Å². The van der Waals surface area contributed by atoms with Gasteiger partial charge in [-0.1, -0.05) is 36.4 Å². The number of nitrogens with zero attached hydrogens (tertiary/aromatic N) is 1. The molecule has 0 spiro atoms. The average molecular weight is 355 g/mol. The molecule has 3 aromatic rings. The SMILES string of the molecule is O=C(NCCC(O)C(O)c1ccc2[nH]ncc2c1)OCc1ccccc1. The number of aliphatic hydroxyl groups is 2. The van der Waals surface area contributed by atoms with Crippen molar-refractivity contribution in [2.75, 3.05) is 6.54 Å². The van der Waals surface area contributed by atoms with Crippen molar-refractivity contribution >= 4 is 17.0 Å². The van der Waals surface area contributed by atoms with Crippen LogP contribution in [-0.2, 0) is 11.3 Å². The maximum atomic E-state index is 11.7. The predicted molar refractivity (Wildman–Crippen MR) is 96.3 cm³/mol. The molecule has 0 fully saturated rings. The Morgan fingerprint density at radius 3 is 2.81 bits per heavy atom. The van der Waals surface area contributed by atoms with Gasteiger partial charge in [-0.05, 0) is 29.7 Å². The van der Waals surface area contributed by atoms with E-state index in [1.807, 2.05) is 30.3 Å². The highest BCUT2D eigenvalue weighted by atomic mass is 16.5. The molecule has 0 bridgehead atoms. The first kappa shape index (κ1) is 17.9. The van der Waals surface area contributed by atoms with E-state index < -0.39 is 18.3 Å². The highest BCUT2D eigenvalue weighted by Gasteiger charge is 2.19. The molecule has 1 amide bonds. The highest BCUT2D eigenvalue weighted by molar-refractivity contribution is 5.78. The van der Waals surface area contributed by atoms with E-state index in [2.05, 4.69) is 15.5 Å². The topological polar surface area (TPSA) is 107 Å². The molecule has 0 aliphatic heterocycles. The number of aliphatic hydroxyl groups excluding tert-OH is 2. The minimum atomic E-state index is -1.04. The van der Waals surface area contributed by atoms with Crippen molar-refractivity contribution < 1.29 is 19.7 Å². The Labute approximate surface area is 150 Å². The highest BCUT2D eigenvalue weighted by Crippen LogP contribution is 2.22. The average Bonchev–Trinajstić information content (AvgIpc) is 3.14. The zero-order valence-corrected chi connectivity index (χ0v) is 14.1. The van der Waals surface area contributed by atoms with Crippen LogP contribution < -0.4 is 5.32 Å². The third kappa shape index (κ3) is 4.59. The first-order valence-corrected chi connectivity index (χ1v) is 8.37. The van der Waals surface area contributed by atoms with E-state index in [0.717, 1.165) is 16.5 Å². The molecule has 2 unspecified atom stereocenters. The van der Waals surface area contributed by atoms with Crippen LogP contribution in [0.2, 0.25) is 0 Å². The number of nitrogens with one attached hydrogen (secondary N) is 2. The van der Waals surface area contributed by atoms with Crippen LogP contribution in [0.15, 0.2) is 54.7 Å². The van der Waals surface area contributed by atoms with Crippen LogP contribution in [0.25, 0.3) is 10.9 Å². The molecule has 0 aliphatic rings. The first-order chi connectivity index (χ1) is 12.6. The van der Waals surface area contributed by atoms with E-state index in [0.29, 0.717) is 5.56 Å². The quantitative estimate of drug-likeness (QED) is 0.520. The number of aromatic nitrogens is 2. The standard InChI is InChI=1S/C19H21N3O4/c23-17(18(24)14-6-7-16-15(10-14)11-21-22-16)8-9-20-19(25)26-12-13-4-2-1-3-5-13/h1-7,10-11,17-18,23-24H,8-9,12H2,(H,20,25)(H,21,22). The third-order valence-corrected chi connectivity index (χ3v) is 4.09. The van der Waals surface area contributed by atoms with Gasteiger partial charge in [0.25, 0.3) is 0 Å². The Kier molecular flexibility index (Phi) is 5.83. The van der Waals surface area contributed by atoms with Crippen LogP contribution in [0.3, 0.4) is 0 Å². The molecule has 0 radical (unpaired) electrons. The van der Waals surface area contributed by atoms with Gasteiger partial charge in [0.2, 0.25) is 0 Å². The summed E-state index contributed by atoms with van der Waals surface area (Å²) in [7, 11) is 0. The number of fused-ring (bicyclic) bond motifs is 1. The van der Waals surface area contributed by atoms with Gasteiger partial charge in [-0.25, -0.2) is 4.79 Å². The Hall–Kier alpha value is -2.90. The number of hydrogen-bond donors (Lipinski definition) is 4. The summed E-state index contributed by atoms with van der Waals surface area (Å²) in [6, 6.07) is 14.7. The normalized spacial score (nSPS) is 13.3. The summed E-state index contributed by atoms with van der Waals surface area (Å²) in [6.45, 7) is 0.377. The lowest BCUT2D eigenvalue weighted by Crippen LogP contribution is -2.29. The lowest BCUT2D eigenvalue weighted by molar-refractivity contribution is 0.0137. The van der Waals surface area contributed by atoms with Gasteiger partial charge in [-0.15, -0.1) is 0 Å². The van der Waals surface area contributed by atoms with Crippen molar-refractivity contribution in [3.8, 4) is 0 Å². The molecule has 136 valence electrons. The summed E-state index contributed by atoms with van der Waals surface area (Å²) in [6.07, 6.45) is -0.756. The summed E-state index contributed by atoms with van der Waals surface area (Å²) in [4.78, 5) is 11.7. The van der Waals surface area contributed by atoms with Gasteiger partial charge < -0.3 is 20.3 Å². The molecule has 1 aromatic heterocycles. The third-order valence-electron chi connectivity index (χ3n) is 4.09. The van der Waals surface area contributed by atoms with E-state index in [9.17, 15) is 15.0 Å². The number of ether oxygens (including phenoxy) is 1. The van der Waals surface area contributed by atoms with Gasteiger partial charge in [-0.3, -0.25) is 5.10 Å². The van der Waals surface area contributed by atoms with Crippen LogP contribution in [0.4, 0.5) is 4.79 Å². The Bertz CT molecular complexity index is 850. The van der Waals surface area contributed by atoms with E-state index in [1.54, 1.807) is 24.4 Å². The molecule has 0 aliphatic carbocycles. The van der Waals surface area contributed by atoms with Crippen molar-refractivity contribution in [1.82, 2.24) is 15.5 Å². The number of carbonyl (C=O) groups is 1. The number of rotatable bonds is 7. The number of alkyl carbamates (subject to hydrolysis) is 1. The lowest BCUT2D eigenvalue weighted by atomic mass is 10.0. The van der Waals surface area contributed by atoms with Crippen molar-refractivity contribution in [2.24, 2.45) is 0 Å². The summed E-state index contributed by atoms with van der Waals surface area (Å²) in [5.74, 6) is 0. The van der Waals surface area contributed by atoms with Gasteiger partial charge in [-0.2, -0.15) is 5.10 Å². The van der Waals surface area contributed by atoms with E-state index in [1.165, 1.54) is 0 Å². The van der Waals surface area contributed by atoms with Gasteiger partial charge in [0, 0.05) is 11.9 Å². The molecule has 0 saturated heterocycles. The van der Waals surface area contributed by atoms with Crippen LogP contribution in [0, 0.1) is 0 Å². The summed E-state index contributed by atoms with van der Waals surface area (Å²) < 4.78 is 5.09.